The summed E-state index contributed by atoms with van der Waals surface area (Å²) in [5.41, 5.74) is 0.823. The van der Waals surface area contributed by atoms with Crippen LogP contribution in [0.2, 0.25) is 0 Å². The van der Waals surface area contributed by atoms with E-state index in [2.05, 4.69) is 22.6 Å². The van der Waals surface area contributed by atoms with Gasteiger partial charge in [0.15, 0.2) is 0 Å². The van der Waals surface area contributed by atoms with Crippen LogP contribution >= 0.6 is 22.6 Å². The predicted molar refractivity (Wildman–Crippen MR) is 93.2 cm³/mol. The van der Waals surface area contributed by atoms with Gasteiger partial charge in [-0.15, -0.1) is 0 Å². The lowest BCUT2D eigenvalue weighted by molar-refractivity contribution is -0.155. The molecular formula is C18H23IO3. The van der Waals surface area contributed by atoms with Crippen LogP contribution < -0.4 is 0 Å². The standard InChI is InChI=1S/C18H23IO3/c1-11(18(21)15-4-2-3-5-16(15)19)22-17(20)10-14-9-12-6-7-13(14)8-12/h2-5,11-14,18,21H,6-10H2,1H3/t11-,12?,13?,14?,18+/m0/s1. The van der Waals surface area contributed by atoms with E-state index in [-0.39, 0.29) is 5.97 Å². The van der Waals surface area contributed by atoms with Gasteiger partial charge in [0.1, 0.15) is 12.2 Å². The number of rotatable bonds is 5. The van der Waals surface area contributed by atoms with Crippen molar-refractivity contribution in [1.29, 1.82) is 0 Å². The van der Waals surface area contributed by atoms with E-state index in [1.807, 2.05) is 24.3 Å². The number of carbonyl (C=O) groups excluding carboxylic acids is 1. The van der Waals surface area contributed by atoms with Gasteiger partial charge in [-0.25, -0.2) is 0 Å². The molecule has 0 spiro atoms. The number of hydrogen-bond donors (Lipinski definition) is 1. The van der Waals surface area contributed by atoms with Crippen LogP contribution in [0.15, 0.2) is 24.3 Å². The first-order chi connectivity index (χ1) is 10.5. The second kappa shape index (κ2) is 6.87. The van der Waals surface area contributed by atoms with Crippen LogP contribution in [0.4, 0.5) is 0 Å². The van der Waals surface area contributed by atoms with Crippen molar-refractivity contribution in [2.45, 2.75) is 51.2 Å². The van der Waals surface area contributed by atoms with E-state index in [0.717, 1.165) is 21.0 Å². The minimum Gasteiger partial charge on any atom is -0.460 e. The quantitative estimate of drug-likeness (QED) is 0.584. The average Bonchev–Trinajstić information content (AvgIpc) is 3.09. The van der Waals surface area contributed by atoms with E-state index in [4.69, 9.17) is 4.74 Å². The number of halogens is 1. The Kier molecular flexibility index (Phi) is 5.07. The van der Waals surface area contributed by atoms with Crippen LogP contribution in [0, 0.1) is 21.3 Å². The molecule has 5 atom stereocenters. The van der Waals surface area contributed by atoms with Gasteiger partial charge in [-0.2, -0.15) is 0 Å². The molecule has 0 aromatic heterocycles. The summed E-state index contributed by atoms with van der Waals surface area (Å²) in [6.45, 7) is 1.77. The van der Waals surface area contributed by atoms with E-state index in [0.29, 0.717) is 12.3 Å². The SMILES string of the molecule is C[C@H](OC(=O)CC1CC2CCC1C2)[C@@H](O)c1ccccc1I. The second-order valence-electron chi connectivity index (χ2n) is 6.80. The zero-order valence-corrected chi connectivity index (χ0v) is 15.0. The molecule has 0 radical (unpaired) electrons. The highest BCUT2D eigenvalue weighted by molar-refractivity contribution is 14.1. The fourth-order valence-corrected chi connectivity index (χ4v) is 4.83. The van der Waals surface area contributed by atoms with E-state index in [1.54, 1.807) is 6.92 Å². The van der Waals surface area contributed by atoms with Gasteiger partial charge in [0, 0.05) is 9.99 Å². The molecule has 0 amide bonds. The lowest BCUT2D eigenvalue weighted by atomic mass is 9.86. The lowest BCUT2D eigenvalue weighted by Gasteiger charge is -2.24. The fraction of sp³-hybridized carbons (Fsp3) is 0.611. The van der Waals surface area contributed by atoms with Gasteiger partial charge in [-0.1, -0.05) is 24.6 Å². The Morgan fingerprint density at radius 3 is 2.77 bits per heavy atom. The van der Waals surface area contributed by atoms with Gasteiger partial charge in [0.25, 0.3) is 0 Å². The Hall–Kier alpha value is -0.620. The molecule has 2 fully saturated rings. The monoisotopic (exact) mass is 414 g/mol. The summed E-state index contributed by atoms with van der Waals surface area (Å²) >= 11 is 2.19. The number of carbonyl (C=O) groups is 1. The van der Waals surface area contributed by atoms with Crippen molar-refractivity contribution < 1.29 is 14.6 Å². The van der Waals surface area contributed by atoms with Crippen LogP contribution in [-0.2, 0) is 9.53 Å². The number of aliphatic hydroxyl groups excluding tert-OH is 1. The van der Waals surface area contributed by atoms with E-state index in [9.17, 15) is 9.90 Å². The molecule has 2 aliphatic carbocycles. The molecular weight excluding hydrogens is 391 g/mol. The Labute approximate surface area is 145 Å². The molecule has 4 heteroatoms. The van der Waals surface area contributed by atoms with Crippen LogP contribution in [0.1, 0.15) is 50.7 Å². The lowest BCUT2D eigenvalue weighted by Crippen LogP contribution is -2.25. The number of hydrogen-bond acceptors (Lipinski definition) is 3. The number of aliphatic hydroxyl groups is 1. The molecule has 2 bridgehead atoms. The summed E-state index contributed by atoms with van der Waals surface area (Å²) < 4.78 is 6.49. The highest BCUT2D eigenvalue weighted by Crippen LogP contribution is 2.49. The second-order valence-corrected chi connectivity index (χ2v) is 7.96. The van der Waals surface area contributed by atoms with Crippen molar-refractivity contribution in [2.24, 2.45) is 17.8 Å². The van der Waals surface area contributed by atoms with Crippen LogP contribution in [0.5, 0.6) is 0 Å². The third kappa shape index (κ3) is 3.48. The number of benzene rings is 1. The molecule has 3 unspecified atom stereocenters. The molecule has 1 N–H and O–H groups in total. The summed E-state index contributed by atoms with van der Waals surface area (Å²) in [5.74, 6) is 1.92. The largest absolute Gasteiger partial charge is 0.460 e. The maximum Gasteiger partial charge on any atom is 0.306 e. The van der Waals surface area contributed by atoms with Gasteiger partial charge in [-0.3, -0.25) is 4.79 Å². The van der Waals surface area contributed by atoms with Crippen LogP contribution in [0.3, 0.4) is 0 Å². The van der Waals surface area contributed by atoms with Crippen molar-refractivity contribution in [1.82, 2.24) is 0 Å². The topological polar surface area (TPSA) is 46.5 Å². The molecule has 22 heavy (non-hydrogen) atoms. The highest BCUT2D eigenvalue weighted by atomic mass is 127. The highest BCUT2D eigenvalue weighted by Gasteiger charge is 2.40. The van der Waals surface area contributed by atoms with E-state index >= 15 is 0 Å². The van der Waals surface area contributed by atoms with E-state index < -0.39 is 12.2 Å². The molecule has 0 heterocycles. The normalized spacial score (nSPS) is 29.3. The number of esters is 1. The molecule has 2 aliphatic rings. The van der Waals surface area contributed by atoms with Gasteiger partial charge in [0.05, 0.1) is 0 Å². The van der Waals surface area contributed by atoms with Crippen LogP contribution in [0.25, 0.3) is 0 Å². The number of fused-ring (bicyclic) bond motifs is 2. The predicted octanol–water partition coefficient (Wildman–Crippen LogP) is 4.08. The first-order valence-corrected chi connectivity index (χ1v) is 9.24. The van der Waals surface area contributed by atoms with Crippen molar-refractivity contribution in [3.8, 4) is 0 Å². The van der Waals surface area contributed by atoms with Gasteiger partial charge < -0.3 is 9.84 Å². The summed E-state index contributed by atoms with van der Waals surface area (Å²) in [4.78, 5) is 12.2. The van der Waals surface area contributed by atoms with Crippen molar-refractivity contribution in [3.63, 3.8) is 0 Å². The molecule has 1 aromatic rings. The minimum atomic E-state index is -0.767. The fourth-order valence-electron chi connectivity index (χ4n) is 4.13. The molecule has 0 saturated heterocycles. The molecule has 0 aliphatic heterocycles. The van der Waals surface area contributed by atoms with Gasteiger partial charge >= 0.3 is 5.97 Å². The zero-order valence-electron chi connectivity index (χ0n) is 12.9. The first kappa shape index (κ1) is 16.2. The zero-order chi connectivity index (χ0) is 15.7. The average molecular weight is 414 g/mol. The van der Waals surface area contributed by atoms with Gasteiger partial charge in [-0.05, 0) is 78.2 Å². The Balaban J connectivity index is 1.53. The Morgan fingerprint density at radius 1 is 1.36 bits per heavy atom. The summed E-state index contributed by atoms with van der Waals surface area (Å²) in [6.07, 6.45) is 4.36. The molecule has 1 aromatic carbocycles. The number of ether oxygens (including phenoxy) is 1. The summed E-state index contributed by atoms with van der Waals surface area (Å²) in [5, 5.41) is 10.4. The van der Waals surface area contributed by atoms with Crippen molar-refractivity contribution in [2.75, 3.05) is 0 Å². The minimum absolute atomic E-state index is 0.157. The van der Waals surface area contributed by atoms with Crippen molar-refractivity contribution >= 4 is 28.6 Å². The molecule has 3 nitrogen and oxygen atoms in total. The first-order valence-electron chi connectivity index (χ1n) is 8.16. The maximum atomic E-state index is 12.2. The third-order valence-electron chi connectivity index (χ3n) is 5.30. The van der Waals surface area contributed by atoms with Crippen LogP contribution in [-0.4, -0.2) is 17.2 Å². The molecule has 2 saturated carbocycles. The summed E-state index contributed by atoms with van der Waals surface area (Å²) in [7, 11) is 0. The van der Waals surface area contributed by atoms with Gasteiger partial charge in [0.2, 0.25) is 0 Å². The molecule has 120 valence electrons. The smallest absolute Gasteiger partial charge is 0.306 e. The van der Waals surface area contributed by atoms with Crippen molar-refractivity contribution in [3.05, 3.63) is 33.4 Å². The molecule has 3 rings (SSSR count). The summed E-state index contributed by atoms with van der Waals surface area (Å²) in [6, 6.07) is 7.66. The van der Waals surface area contributed by atoms with E-state index in [1.165, 1.54) is 25.7 Å². The third-order valence-corrected chi connectivity index (χ3v) is 6.28. The Bertz CT molecular complexity index is 545. The Morgan fingerprint density at radius 2 is 2.14 bits per heavy atom. The maximum absolute atomic E-state index is 12.2.